The smallest absolute Gasteiger partial charge is 0.136 e. The lowest BCUT2D eigenvalue weighted by molar-refractivity contribution is 1.26. The average molecular weight is 275 g/mol. The van der Waals surface area contributed by atoms with Crippen molar-refractivity contribution in [2.45, 2.75) is 5.33 Å². The van der Waals surface area contributed by atoms with E-state index >= 15 is 0 Å². The van der Waals surface area contributed by atoms with Crippen LogP contribution in [0.1, 0.15) is 5.56 Å². The molecule has 1 heterocycles. The molecule has 0 spiro atoms. The van der Waals surface area contributed by atoms with E-state index in [0.717, 1.165) is 5.56 Å². The van der Waals surface area contributed by atoms with Crippen molar-refractivity contribution in [2.24, 2.45) is 0 Å². The highest BCUT2D eigenvalue weighted by Crippen LogP contribution is 2.27. The Kier molecular flexibility index (Phi) is 3.44. The summed E-state index contributed by atoms with van der Waals surface area (Å²) in [6.45, 7) is 0. The molecule has 1 nitrogen and oxygen atoms in total. The third kappa shape index (κ3) is 2.22. The van der Waals surface area contributed by atoms with E-state index in [1.807, 2.05) is 0 Å². The Hall–Kier alpha value is 0.500. The van der Waals surface area contributed by atoms with Crippen molar-refractivity contribution in [1.29, 1.82) is 0 Å². The van der Waals surface area contributed by atoms with E-state index in [1.165, 1.54) is 0 Å². The van der Waals surface area contributed by atoms with Crippen LogP contribution < -0.4 is 0 Å². The fourth-order valence-corrected chi connectivity index (χ4v) is 2.35. The van der Waals surface area contributed by atoms with Crippen LogP contribution >= 0.6 is 50.7 Å². The molecule has 0 aliphatic carbocycles. The Labute approximate surface area is 87.8 Å². The van der Waals surface area contributed by atoms with Crippen LogP contribution in [0.5, 0.6) is 0 Å². The predicted octanol–water partition coefficient (Wildman–Crippen LogP) is 3.94. The van der Waals surface area contributed by atoms with Gasteiger partial charge in [0.15, 0.2) is 0 Å². The third-order valence-electron chi connectivity index (χ3n) is 1.12. The lowest BCUT2D eigenvalue weighted by atomic mass is 10.3. The summed E-state index contributed by atoms with van der Waals surface area (Å²) in [6, 6.07) is 1.56. The van der Waals surface area contributed by atoms with Crippen LogP contribution in [0.2, 0.25) is 15.3 Å². The van der Waals surface area contributed by atoms with Gasteiger partial charge in [0.05, 0.1) is 5.02 Å². The lowest BCUT2D eigenvalue weighted by Crippen LogP contribution is -1.86. The first-order chi connectivity index (χ1) is 5.15. The maximum absolute atomic E-state index is 5.80. The number of nitrogens with zero attached hydrogens (tertiary/aromatic N) is 1. The molecule has 1 rings (SSSR count). The Morgan fingerprint density at radius 1 is 1.36 bits per heavy atom. The zero-order valence-electron chi connectivity index (χ0n) is 5.24. The zero-order chi connectivity index (χ0) is 8.43. The highest BCUT2D eigenvalue weighted by Gasteiger charge is 2.06. The van der Waals surface area contributed by atoms with Gasteiger partial charge in [0.1, 0.15) is 10.3 Å². The van der Waals surface area contributed by atoms with Crippen molar-refractivity contribution in [3.63, 3.8) is 0 Å². The molecule has 0 saturated carbocycles. The van der Waals surface area contributed by atoms with Crippen LogP contribution in [0.4, 0.5) is 0 Å². The van der Waals surface area contributed by atoms with Gasteiger partial charge in [0, 0.05) is 10.9 Å². The molecule has 5 heteroatoms. The maximum atomic E-state index is 5.80. The second-order valence-electron chi connectivity index (χ2n) is 1.83. The van der Waals surface area contributed by atoms with Gasteiger partial charge in [-0.25, -0.2) is 4.98 Å². The predicted molar refractivity (Wildman–Crippen MR) is 51.9 cm³/mol. The van der Waals surface area contributed by atoms with Gasteiger partial charge in [-0.1, -0.05) is 50.7 Å². The number of rotatable bonds is 1. The van der Waals surface area contributed by atoms with E-state index in [4.69, 9.17) is 34.8 Å². The Balaban J connectivity index is 3.25. The Morgan fingerprint density at radius 2 is 2.00 bits per heavy atom. The summed E-state index contributed by atoms with van der Waals surface area (Å²) < 4.78 is 0. The first-order valence-corrected chi connectivity index (χ1v) is 4.97. The fraction of sp³-hybridized carbons (Fsp3) is 0.167. The minimum absolute atomic E-state index is 0.310. The second kappa shape index (κ2) is 3.94. The first kappa shape index (κ1) is 9.59. The van der Waals surface area contributed by atoms with Crippen molar-refractivity contribution in [1.82, 2.24) is 4.98 Å². The molecule has 0 amide bonds. The quantitative estimate of drug-likeness (QED) is 0.559. The minimum Gasteiger partial charge on any atom is -0.224 e. The summed E-state index contributed by atoms with van der Waals surface area (Å²) in [5.74, 6) is 0. The van der Waals surface area contributed by atoms with Crippen molar-refractivity contribution in [3.8, 4) is 0 Å². The highest BCUT2D eigenvalue weighted by molar-refractivity contribution is 9.08. The van der Waals surface area contributed by atoms with Gasteiger partial charge >= 0.3 is 0 Å². The summed E-state index contributed by atoms with van der Waals surface area (Å²) >= 11 is 20.3. The van der Waals surface area contributed by atoms with E-state index in [2.05, 4.69) is 20.9 Å². The number of pyridine rings is 1. The molecule has 1 aromatic rings. The average Bonchev–Trinajstić information content (AvgIpc) is 1.85. The molecule has 0 atom stereocenters. The number of hydrogen-bond acceptors (Lipinski definition) is 1. The molecule has 0 saturated heterocycles. The molecule has 0 fully saturated rings. The van der Waals surface area contributed by atoms with Gasteiger partial charge in [-0.3, -0.25) is 0 Å². The standard InChI is InChI=1S/C6H3BrCl3N/c7-2-3-4(8)1-5(9)11-6(3)10/h1H,2H2. The van der Waals surface area contributed by atoms with Crippen LogP contribution in [-0.4, -0.2) is 4.98 Å². The molecule has 0 radical (unpaired) electrons. The van der Waals surface area contributed by atoms with Crippen LogP contribution in [0.25, 0.3) is 0 Å². The SMILES string of the molecule is Clc1cc(Cl)c(CBr)c(Cl)n1. The Morgan fingerprint density at radius 3 is 2.45 bits per heavy atom. The van der Waals surface area contributed by atoms with Crippen molar-refractivity contribution < 1.29 is 0 Å². The molecule has 0 N–H and O–H groups in total. The van der Waals surface area contributed by atoms with E-state index in [-0.39, 0.29) is 0 Å². The molecular weight excluding hydrogens is 272 g/mol. The van der Waals surface area contributed by atoms with E-state index in [1.54, 1.807) is 6.07 Å². The molecule has 1 aromatic heterocycles. The van der Waals surface area contributed by atoms with Crippen molar-refractivity contribution >= 4 is 50.7 Å². The van der Waals surface area contributed by atoms with Gasteiger partial charge in [0.2, 0.25) is 0 Å². The largest absolute Gasteiger partial charge is 0.224 e. The molecule has 60 valence electrons. The van der Waals surface area contributed by atoms with Crippen molar-refractivity contribution in [3.05, 3.63) is 27.0 Å². The molecule has 0 bridgehead atoms. The third-order valence-corrected chi connectivity index (χ3v) is 2.53. The number of halogens is 4. The summed E-state index contributed by atoms with van der Waals surface area (Å²) in [7, 11) is 0. The van der Waals surface area contributed by atoms with Crippen LogP contribution in [0, 0.1) is 0 Å². The monoisotopic (exact) mass is 273 g/mol. The summed E-state index contributed by atoms with van der Waals surface area (Å²) in [6.07, 6.45) is 0. The van der Waals surface area contributed by atoms with Gasteiger partial charge in [-0.15, -0.1) is 0 Å². The second-order valence-corrected chi connectivity index (χ2v) is 3.54. The number of alkyl halides is 1. The topological polar surface area (TPSA) is 12.9 Å². The normalized spacial score (nSPS) is 10.2. The molecule has 0 aromatic carbocycles. The molecule has 0 aliphatic heterocycles. The Bertz CT molecular complexity index is 254. The van der Waals surface area contributed by atoms with E-state index in [9.17, 15) is 0 Å². The zero-order valence-corrected chi connectivity index (χ0v) is 9.10. The lowest BCUT2D eigenvalue weighted by Gasteiger charge is -2.01. The summed E-state index contributed by atoms with van der Waals surface area (Å²) in [4.78, 5) is 3.82. The van der Waals surface area contributed by atoms with Crippen molar-refractivity contribution in [2.75, 3.05) is 0 Å². The summed E-state index contributed by atoms with van der Waals surface area (Å²) in [5, 5.41) is 1.77. The molecule has 11 heavy (non-hydrogen) atoms. The maximum Gasteiger partial charge on any atom is 0.136 e. The van der Waals surface area contributed by atoms with Gasteiger partial charge in [-0.05, 0) is 6.07 Å². The van der Waals surface area contributed by atoms with Crippen LogP contribution in [0.3, 0.4) is 0 Å². The van der Waals surface area contributed by atoms with E-state index in [0.29, 0.717) is 20.7 Å². The van der Waals surface area contributed by atoms with Gasteiger partial charge < -0.3 is 0 Å². The molecular formula is C6H3BrCl3N. The van der Waals surface area contributed by atoms with Crippen LogP contribution in [-0.2, 0) is 5.33 Å². The fourth-order valence-electron chi connectivity index (χ4n) is 0.603. The molecule has 0 aliphatic rings. The van der Waals surface area contributed by atoms with Gasteiger partial charge in [0.25, 0.3) is 0 Å². The molecule has 0 unspecified atom stereocenters. The summed E-state index contributed by atoms with van der Waals surface area (Å²) in [5.41, 5.74) is 0.762. The first-order valence-electron chi connectivity index (χ1n) is 2.71. The highest BCUT2D eigenvalue weighted by atomic mass is 79.9. The van der Waals surface area contributed by atoms with E-state index < -0.39 is 0 Å². The van der Waals surface area contributed by atoms with Crippen LogP contribution in [0.15, 0.2) is 6.07 Å². The number of aromatic nitrogens is 1. The number of hydrogen-bond donors (Lipinski definition) is 0. The minimum atomic E-state index is 0.310. The van der Waals surface area contributed by atoms with Gasteiger partial charge in [-0.2, -0.15) is 0 Å².